The zero-order valence-corrected chi connectivity index (χ0v) is 10.2. The zero-order chi connectivity index (χ0) is 13.2. The normalized spacial score (nSPS) is 13.6. The molecule has 0 aliphatic rings. The number of aromatic nitrogens is 4. The summed E-state index contributed by atoms with van der Waals surface area (Å²) in [6.45, 7) is 2.37. The highest BCUT2D eigenvalue weighted by Crippen LogP contribution is 2.29. The number of rotatable bonds is 4. The standard InChI is InChI=1S/C9H10F3N5S/c1-6(5-17-4-2-3-13-17)14-8-15-7(16-18-8)9(10,11)12/h2-4,6H,5H2,1H3,(H,14,15,16)/t6-/m0/s1. The van der Waals surface area contributed by atoms with Gasteiger partial charge in [-0.3, -0.25) is 4.68 Å². The summed E-state index contributed by atoms with van der Waals surface area (Å²) in [4.78, 5) is 3.39. The van der Waals surface area contributed by atoms with Crippen LogP contribution >= 0.6 is 11.5 Å². The number of hydrogen-bond acceptors (Lipinski definition) is 5. The molecule has 0 aliphatic heterocycles. The third-order valence-corrected chi connectivity index (χ3v) is 2.72. The van der Waals surface area contributed by atoms with E-state index < -0.39 is 12.0 Å². The van der Waals surface area contributed by atoms with Crippen molar-refractivity contribution >= 4 is 16.7 Å². The number of hydrogen-bond donors (Lipinski definition) is 1. The Kier molecular flexibility index (Phi) is 3.50. The van der Waals surface area contributed by atoms with E-state index in [-0.39, 0.29) is 11.2 Å². The molecule has 1 atom stereocenters. The quantitative estimate of drug-likeness (QED) is 0.931. The van der Waals surface area contributed by atoms with E-state index in [1.54, 1.807) is 23.1 Å². The number of alkyl halides is 3. The summed E-state index contributed by atoms with van der Waals surface area (Å²) in [6, 6.07) is 1.68. The van der Waals surface area contributed by atoms with Crippen LogP contribution in [0.5, 0.6) is 0 Å². The van der Waals surface area contributed by atoms with Gasteiger partial charge in [0, 0.05) is 30.0 Å². The lowest BCUT2D eigenvalue weighted by Gasteiger charge is -2.12. The maximum absolute atomic E-state index is 12.3. The first-order valence-electron chi connectivity index (χ1n) is 5.10. The van der Waals surface area contributed by atoms with Gasteiger partial charge < -0.3 is 5.32 Å². The molecule has 1 N–H and O–H groups in total. The summed E-state index contributed by atoms with van der Waals surface area (Å²) in [5, 5.41) is 7.02. The molecular weight excluding hydrogens is 267 g/mol. The van der Waals surface area contributed by atoms with Crippen LogP contribution in [-0.4, -0.2) is 25.2 Å². The summed E-state index contributed by atoms with van der Waals surface area (Å²) in [7, 11) is 0. The van der Waals surface area contributed by atoms with Gasteiger partial charge in [-0.25, -0.2) is 0 Å². The topological polar surface area (TPSA) is 55.6 Å². The maximum atomic E-state index is 12.3. The van der Waals surface area contributed by atoms with Crippen molar-refractivity contribution in [3.63, 3.8) is 0 Å². The molecule has 2 aromatic rings. The van der Waals surface area contributed by atoms with E-state index >= 15 is 0 Å². The average Bonchev–Trinajstić information content (AvgIpc) is 2.87. The fourth-order valence-electron chi connectivity index (χ4n) is 1.34. The van der Waals surface area contributed by atoms with Crippen molar-refractivity contribution < 1.29 is 13.2 Å². The van der Waals surface area contributed by atoms with Crippen molar-refractivity contribution in [2.45, 2.75) is 25.7 Å². The van der Waals surface area contributed by atoms with Crippen LogP contribution in [-0.2, 0) is 12.7 Å². The predicted octanol–water partition coefficient (Wildman–Crippen LogP) is 2.25. The van der Waals surface area contributed by atoms with Gasteiger partial charge in [-0.1, -0.05) is 0 Å². The highest BCUT2D eigenvalue weighted by atomic mass is 32.1. The van der Waals surface area contributed by atoms with Gasteiger partial charge in [-0.2, -0.15) is 27.6 Å². The van der Waals surface area contributed by atoms with E-state index in [1.807, 2.05) is 6.92 Å². The molecule has 0 aliphatic carbocycles. The molecule has 0 fully saturated rings. The van der Waals surface area contributed by atoms with E-state index in [1.165, 1.54) is 0 Å². The molecule has 98 valence electrons. The number of nitrogens with one attached hydrogen (secondary N) is 1. The Balaban J connectivity index is 1.95. The van der Waals surface area contributed by atoms with Crippen molar-refractivity contribution in [1.29, 1.82) is 0 Å². The maximum Gasteiger partial charge on any atom is 0.452 e. The van der Waals surface area contributed by atoms with Crippen LogP contribution in [0.25, 0.3) is 0 Å². The number of halogens is 3. The second-order valence-corrected chi connectivity index (χ2v) is 4.45. The molecule has 0 spiro atoms. The van der Waals surface area contributed by atoms with Crippen molar-refractivity contribution in [3.05, 3.63) is 24.3 Å². The Morgan fingerprint density at radius 3 is 2.83 bits per heavy atom. The van der Waals surface area contributed by atoms with Crippen LogP contribution in [0, 0.1) is 0 Å². The van der Waals surface area contributed by atoms with Gasteiger partial charge in [0.15, 0.2) is 0 Å². The highest BCUT2D eigenvalue weighted by Gasteiger charge is 2.36. The average molecular weight is 277 g/mol. The lowest BCUT2D eigenvalue weighted by Crippen LogP contribution is -2.22. The first kappa shape index (κ1) is 12.8. The first-order chi connectivity index (χ1) is 8.45. The molecule has 2 rings (SSSR count). The predicted molar refractivity (Wildman–Crippen MR) is 60.2 cm³/mol. The molecule has 2 aromatic heterocycles. The van der Waals surface area contributed by atoms with Crippen LogP contribution in [0.2, 0.25) is 0 Å². The molecule has 18 heavy (non-hydrogen) atoms. The molecule has 0 bridgehead atoms. The van der Waals surface area contributed by atoms with E-state index in [0.29, 0.717) is 18.1 Å². The van der Waals surface area contributed by atoms with Crippen LogP contribution in [0.15, 0.2) is 18.5 Å². The van der Waals surface area contributed by atoms with Crippen molar-refractivity contribution in [1.82, 2.24) is 19.1 Å². The van der Waals surface area contributed by atoms with Gasteiger partial charge in [0.2, 0.25) is 11.0 Å². The van der Waals surface area contributed by atoms with Crippen LogP contribution in [0.1, 0.15) is 12.7 Å². The van der Waals surface area contributed by atoms with Gasteiger partial charge >= 0.3 is 6.18 Å². The molecular formula is C9H10F3N5S. The number of nitrogens with zero attached hydrogens (tertiary/aromatic N) is 4. The molecule has 0 saturated carbocycles. The van der Waals surface area contributed by atoms with Gasteiger partial charge in [0.05, 0.1) is 6.54 Å². The van der Waals surface area contributed by atoms with E-state index in [0.717, 1.165) is 0 Å². The van der Waals surface area contributed by atoms with Crippen LogP contribution in [0.3, 0.4) is 0 Å². The fourth-order valence-corrected chi connectivity index (χ4v) is 2.04. The second-order valence-electron chi connectivity index (χ2n) is 3.69. The molecule has 0 aromatic carbocycles. The Morgan fingerprint density at radius 2 is 2.28 bits per heavy atom. The van der Waals surface area contributed by atoms with Crippen LogP contribution < -0.4 is 5.32 Å². The summed E-state index contributed by atoms with van der Waals surface area (Å²) in [5.41, 5.74) is 0. The second kappa shape index (κ2) is 4.92. The van der Waals surface area contributed by atoms with Gasteiger partial charge in [0.25, 0.3) is 0 Å². The minimum Gasteiger partial charge on any atom is -0.356 e. The fraction of sp³-hybridized carbons (Fsp3) is 0.444. The smallest absolute Gasteiger partial charge is 0.356 e. The van der Waals surface area contributed by atoms with Crippen molar-refractivity contribution in [2.24, 2.45) is 0 Å². The highest BCUT2D eigenvalue weighted by molar-refractivity contribution is 7.09. The molecule has 0 amide bonds. The van der Waals surface area contributed by atoms with E-state index in [2.05, 4.69) is 19.8 Å². The largest absolute Gasteiger partial charge is 0.452 e. The van der Waals surface area contributed by atoms with Crippen molar-refractivity contribution in [3.8, 4) is 0 Å². The Morgan fingerprint density at radius 1 is 1.50 bits per heavy atom. The third-order valence-electron chi connectivity index (χ3n) is 2.07. The zero-order valence-electron chi connectivity index (χ0n) is 9.35. The van der Waals surface area contributed by atoms with Gasteiger partial charge in [0.1, 0.15) is 0 Å². The van der Waals surface area contributed by atoms with E-state index in [4.69, 9.17) is 0 Å². The monoisotopic (exact) mass is 277 g/mol. The summed E-state index contributed by atoms with van der Waals surface area (Å²) >= 11 is 0.695. The Labute approximate surface area is 105 Å². The van der Waals surface area contributed by atoms with Crippen LogP contribution in [0.4, 0.5) is 18.3 Å². The third kappa shape index (κ3) is 3.19. The molecule has 0 saturated heterocycles. The Bertz CT molecular complexity index is 493. The Hall–Kier alpha value is -1.64. The van der Waals surface area contributed by atoms with Gasteiger partial charge in [-0.15, -0.1) is 0 Å². The molecule has 0 unspecified atom stereocenters. The minimum absolute atomic E-state index is 0.0982. The minimum atomic E-state index is -4.50. The number of anilines is 1. The lowest BCUT2D eigenvalue weighted by atomic mass is 10.3. The summed E-state index contributed by atoms with van der Waals surface area (Å²) < 4.78 is 41.8. The summed E-state index contributed by atoms with van der Waals surface area (Å²) in [6.07, 6.45) is -1.08. The van der Waals surface area contributed by atoms with E-state index in [9.17, 15) is 13.2 Å². The lowest BCUT2D eigenvalue weighted by molar-refractivity contribution is -0.144. The SMILES string of the molecule is C[C@@H](Cn1cccn1)Nc1nc(C(F)(F)F)ns1. The molecule has 0 radical (unpaired) electrons. The van der Waals surface area contributed by atoms with Crippen molar-refractivity contribution in [2.75, 3.05) is 5.32 Å². The van der Waals surface area contributed by atoms with Gasteiger partial charge in [-0.05, 0) is 13.0 Å². The molecule has 5 nitrogen and oxygen atoms in total. The molecule has 9 heteroatoms. The molecule has 2 heterocycles. The first-order valence-corrected chi connectivity index (χ1v) is 5.87. The summed E-state index contributed by atoms with van der Waals surface area (Å²) in [5.74, 6) is -1.11.